The normalized spacial score (nSPS) is 0. The van der Waals surface area contributed by atoms with Crippen LogP contribution in [0.5, 0.6) is 0 Å². The summed E-state index contributed by atoms with van der Waals surface area (Å²) in [6.45, 7) is 0. The van der Waals surface area contributed by atoms with Gasteiger partial charge in [-0.2, -0.15) is 0 Å². The summed E-state index contributed by atoms with van der Waals surface area (Å²) in [6.07, 6.45) is 0. The van der Waals surface area contributed by atoms with Crippen LogP contribution < -0.4 is 6.15 Å². The first kappa shape index (κ1) is 104. The predicted molar refractivity (Wildman–Crippen MR) is 22.1 cm³/mol. The van der Waals surface area contributed by atoms with E-state index in [0.29, 0.717) is 0 Å². The molecule has 0 aliphatic heterocycles. The van der Waals surface area contributed by atoms with Gasteiger partial charge in [-0.25, -0.2) is 0 Å². The largest absolute Gasteiger partial charge is 0.344 e. The van der Waals surface area contributed by atoms with Gasteiger partial charge in [-0.1, -0.05) is 0 Å². The zero-order valence-electron chi connectivity index (χ0n) is 1.73. The number of rotatable bonds is 0. The Morgan fingerprint density at radius 2 is 1.00 bits per heavy atom. The van der Waals surface area contributed by atoms with Crippen molar-refractivity contribution in [2.24, 2.45) is 0 Å². The molecule has 4 radical (unpaired) electrons. The number of hydrogen-bond donors (Lipinski definition) is 1. The molecular formula is H7BNSiV. The van der Waals surface area contributed by atoms with Gasteiger partial charge in [0.1, 0.15) is 0 Å². The van der Waals surface area contributed by atoms with Crippen LogP contribution in [-0.2, 0) is 18.6 Å². The van der Waals surface area contributed by atoms with E-state index in [1.54, 1.807) is 0 Å². The summed E-state index contributed by atoms with van der Waals surface area (Å²) in [6, 6.07) is 0. The summed E-state index contributed by atoms with van der Waals surface area (Å²) in [5.74, 6) is 0. The Morgan fingerprint density at radius 3 is 1.00 bits per heavy atom. The molecule has 4 heteroatoms. The van der Waals surface area contributed by atoms with Crippen molar-refractivity contribution < 1.29 is 18.6 Å². The summed E-state index contributed by atoms with van der Waals surface area (Å²) in [5.41, 5.74) is 0. The third-order valence-electron chi connectivity index (χ3n) is 0. The molecule has 0 rings (SSSR count). The predicted octanol–water partition coefficient (Wildman–Crippen LogP) is -1.67. The third kappa shape index (κ3) is 13.8. The topological polar surface area (TPSA) is 35.0 Å². The molecular weight excluding hydrogens is 104 g/mol. The van der Waals surface area contributed by atoms with Gasteiger partial charge >= 0.3 is 0 Å². The van der Waals surface area contributed by atoms with Gasteiger partial charge in [-0.15, -0.1) is 0 Å². The maximum atomic E-state index is 0. The molecule has 0 spiro atoms. The maximum Gasteiger partial charge on any atom is 0 e. The van der Waals surface area contributed by atoms with Crippen molar-refractivity contribution in [2.75, 3.05) is 0 Å². The van der Waals surface area contributed by atoms with Crippen molar-refractivity contribution in [1.82, 2.24) is 6.15 Å². The van der Waals surface area contributed by atoms with Gasteiger partial charge in [0, 0.05) is 27.0 Å². The monoisotopic (exact) mass is 111 g/mol. The van der Waals surface area contributed by atoms with Crippen LogP contribution in [0.25, 0.3) is 0 Å². The Balaban J connectivity index is 0. The zero-order chi connectivity index (χ0) is 0. The van der Waals surface area contributed by atoms with Gasteiger partial charge in [0.15, 0.2) is 0 Å². The molecule has 0 amide bonds. The molecule has 1 nitrogen and oxygen atoms in total. The Kier molecular flexibility index (Phi) is 1160. The molecule has 0 bridgehead atoms. The van der Waals surface area contributed by atoms with Crippen LogP contribution in [0.1, 0.15) is 0 Å². The molecule has 0 atom stereocenters. The Hall–Kier alpha value is 0.826. The van der Waals surface area contributed by atoms with Crippen molar-refractivity contribution >= 4 is 19.4 Å². The van der Waals surface area contributed by atoms with E-state index in [4.69, 9.17) is 0 Å². The van der Waals surface area contributed by atoms with Crippen molar-refractivity contribution in [3.63, 3.8) is 0 Å². The van der Waals surface area contributed by atoms with E-state index in [1.165, 1.54) is 0 Å². The molecule has 0 saturated heterocycles. The SMILES string of the molecule is N.[B].[SiH4].[V]. The smallest absolute Gasteiger partial charge is 0 e. The molecule has 0 aromatic rings. The summed E-state index contributed by atoms with van der Waals surface area (Å²) in [4.78, 5) is 0. The Labute approximate surface area is 44.6 Å². The van der Waals surface area contributed by atoms with Crippen molar-refractivity contribution in [3.05, 3.63) is 0 Å². The van der Waals surface area contributed by atoms with Crippen molar-refractivity contribution in [1.29, 1.82) is 0 Å². The minimum absolute atomic E-state index is 0. The summed E-state index contributed by atoms with van der Waals surface area (Å²) >= 11 is 0. The van der Waals surface area contributed by atoms with Crippen LogP contribution in [0.2, 0.25) is 0 Å². The van der Waals surface area contributed by atoms with E-state index in [0.717, 1.165) is 0 Å². The van der Waals surface area contributed by atoms with E-state index < -0.39 is 0 Å². The fourth-order valence-corrected chi connectivity index (χ4v) is 0. The maximum absolute atomic E-state index is 0. The molecule has 4 heavy (non-hydrogen) atoms. The van der Waals surface area contributed by atoms with Crippen LogP contribution in [0.15, 0.2) is 0 Å². The van der Waals surface area contributed by atoms with Crippen LogP contribution in [0, 0.1) is 0 Å². The summed E-state index contributed by atoms with van der Waals surface area (Å²) < 4.78 is 0. The van der Waals surface area contributed by atoms with E-state index in [9.17, 15) is 0 Å². The van der Waals surface area contributed by atoms with Crippen LogP contribution in [0.3, 0.4) is 0 Å². The molecule has 0 fully saturated rings. The van der Waals surface area contributed by atoms with Gasteiger partial charge in [0.05, 0.1) is 0 Å². The van der Waals surface area contributed by atoms with E-state index >= 15 is 0 Å². The molecule has 0 aliphatic carbocycles. The molecule has 3 N–H and O–H groups in total. The molecule has 0 saturated carbocycles. The van der Waals surface area contributed by atoms with Crippen LogP contribution in [-0.4, -0.2) is 19.4 Å². The summed E-state index contributed by atoms with van der Waals surface area (Å²) in [7, 11) is 0. The molecule has 24 valence electrons. The van der Waals surface area contributed by atoms with E-state index in [1.807, 2.05) is 0 Å². The minimum atomic E-state index is 0. The Bertz CT molecular complexity index is 8.00. The van der Waals surface area contributed by atoms with E-state index in [2.05, 4.69) is 0 Å². The molecule has 0 unspecified atom stereocenters. The van der Waals surface area contributed by atoms with Gasteiger partial charge in [-0.05, 0) is 11.0 Å². The van der Waals surface area contributed by atoms with Gasteiger partial charge in [-0.3, -0.25) is 0 Å². The molecule has 0 aliphatic rings. The zero-order valence-corrected chi connectivity index (χ0v) is 3.13. The van der Waals surface area contributed by atoms with Crippen molar-refractivity contribution in [3.8, 4) is 0 Å². The molecule has 0 aromatic carbocycles. The molecule has 0 heterocycles. The standard InChI is InChI=1S/B.H3N.H4Si.V/h;1H3;1H4;. The quantitative estimate of drug-likeness (QED) is 0.372. The third-order valence-corrected chi connectivity index (χ3v) is 0. The van der Waals surface area contributed by atoms with Crippen LogP contribution >= 0.6 is 0 Å². The first-order valence-corrected chi connectivity index (χ1v) is 0. The van der Waals surface area contributed by atoms with Gasteiger partial charge in [0.25, 0.3) is 0 Å². The average molecular weight is 111 g/mol. The summed E-state index contributed by atoms with van der Waals surface area (Å²) in [5, 5.41) is 0. The Morgan fingerprint density at radius 1 is 1.00 bits per heavy atom. The molecule has 0 aromatic heterocycles. The first-order valence-electron chi connectivity index (χ1n) is 0. The second-order valence-electron chi connectivity index (χ2n) is 0. The fraction of sp³-hybridized carbons (Fsp3) is 0. The van der Waals surface area contributed by atoms with E-state index in [-0.39, 0.29) is 44.1 Å². The fourth-order valence-electron chi connectivity index (χ4n) is 0. The average Bonchev–Trinajstić information content (AvgIpc) is 0. The number of hydrogen-bond acceptors (Lipinski definition) is 1. The second-order valence-corrected chi connectivity index (χ2v) is 0. The van der Waals surface area contributed by atoms with Gasteiger partial charge in [0.2, 0.25) is 0 Å². The second kappa shape index (κ2) is 44.8. The van der Waals surface area contributed by atoms with Gasteiger partial charge < -0.3 is 6.15 Å². The minimum Gasteiger partial charge on any atom is -0.344 e. The van der Waals surface area contributed by atoms with Crippen molar-refractivity contribution in [2.45, 2.75) is 0 Å². The first-order chi connectivity index (χ1) is 0. The van der Waals surface area contributed by atoms with Crippen LogP contribution in [0.4, 0.5) is 0 Å².